The predicted molar refractivity (Wildman–Crippen MR) is 61.9 cm³/mol. The van der Waals surface area contributed by atoms with Crippen LogP contribution in [0.25, 0.3) is 0 Å². The molecule has 1 saturated heterocycles. The van der Waals surface area contributed by atoms with E-state index in [1.807, 2.05) is 4.90 Å². The molecule has 1 aliphatic rings. The Balaban J connectivity index is 0.00000128. The number of hydrogen-bond donors (Lipinski definition) is 1. The summed E-state index contributed by atoms with van der Waals surface area (Å²) in [6.07, 6.45) is 4.98. The molecule has 0 radical (unpaired) electrons. The van der Waals surface area contributed by atoms with Crippen molar-refractivity contribution in [1.29, 1.82) is 0 Å². The normalized spacial score (nSPS) is 20.0. The average molecular weight is 244 g/mol. The first-order chi connectivity index (χ1) is 7.27. The first-order valence-corrected chi connectivity index (χ1v) is 5.02. The monoisotopic (exact) mass is 243 g/mol. The number of carboxylic acid groups (broad SMARTS) is 1. The van der Waals surface area contributed by atoms with Crippen molar-refractivity contribution in [3.05, 3.63) is 18.5 Å². The summed E-state index contributed by atoms with van der Waals surface area (Å²) in [6.45, 7) is 1.35. The first kappa shape index (κ1) is 12.7. The number of piperidine rings is 1. The molecule has 1 aromatic heterocycles. The lowest BCUT2D eigenvalue weighted by Gasteiger charge is -2.30. The number of carboxylic acids is 1. The highest BCUT2D eigenvalue weighted by Gasteiger charge is 2.26. The van der Waals surface area contributed by atoms with Gasteiger partial charge in [-0.1, -0.05) is 0 Å². The number of carbonyl (C=O) groups is 1. The molecule has 1 N–H and O–H groups in total. The summed E-state index contributed by atoms with van der Waals surface area (Å²) in [5.74, 6) is -0.387. The van der Waals surface area contributed by atoms with Crippen molar-refractivity contribution < 1.29 is 9.90 Å². The van der Waals surface area contributed by atoms with Gasteiger partial charge < -0.3 is 10.0 Å². The van der Waals surface area contributed by atoms with E-state index in [1.54, 1.807) is 18.5 Å². The maximum atomic E-state index is 10.9. The maximum Gasteiger partial charge on any atom is 0.308 e. The van der Waals surface area contributed by atoms with Gasteiger partial charge in [0.2, 0.25) is 5.95 Å². The van der Waals surface area contributed by atoms with E-state index in [4.69, 9.17) is 5.11 Å². The molecular formula is C10H14ClN3O2. The van der Waals surface area contributed by atoms with Gasteiger partial charge in [0.25, 0.3) is 0 Å². The molecule has 1 aliphatic heterocycles. The van der Waals surface area contributed by atoms with Crippen LogP contribution in [0, 0.1) is 5.92 Å². The van der Waals surface area contributed by atoms with Gasteiger partial charge in [-0.2, -0.15) is 0 Å². The second kappa shape index (κ2) is 5.65. The summed E-state index contributed by atoms with van der Waals surface area (Å²) in [5, 5.41) is 8.94. The molecule has 5 nitrogen and oxygen atoms in total. The summed E-state index contributed by atoms with van der Waals surface area (Å²) in [7, 11) is 0. The van der Waals surface area contributed by atoms with Crippen LogP contribution in [0.2, 0.25) is 0 Å². The van der Waals surface area contributed by atoms with E-state index in [-0.39, 0.29) is 18.3 Å². The van der Waals surface area contributed by atoms with E-state index in [9.17, 15) is 4.79 Å². The van der Waals surface area contributed by atoms with E-state index in [0.29, 0.717) is 12.5 Å². The van der Waals surface area contributed by atoms with Gasteiger partial charge in [0, 0.05) is 25.5 Å². The maximum absolute atomic E-state index is 10.9. The van der Waals surface area contributed by atoms with Crippen LogP contribution in [-0.2, 0) is 4.79 Å². The highest BCUT2D eigenvalue weighted by Crippen LogP contribution is 2.19. The molecule has 6 heteroatoms. The van der Waals surface area contributed by atoms with Crippen molar-refractivity contribution in [1.82, 2.24) is 9.97 Å². The van der Waals surface area contributed by atoms with Gasteiger partial charge in [-0.15, -0.1) is 12.4 Å². The summed E-state index contributed by atoms with van der Waals surface area (Å²) in [6, 6.07) is 1.75. The Bertz CT molecular complexity index is 347. The summed E-state index contributed by atoms with van der Waals surface area (Å²) >= 11 is 0. The fourth-order valence-corrected chi connectivity index (χ4v) is 1.81. The van der Waals surface area contributed by atoms with Crippen LogP contribution in [0.1, 0.15) is 12.8 Å². The lowest BCUT2D eigenvalue weighted by molar-refractivity contribution is -0.141. The van der Waals surface area contributed by atoms with Gasteiger partial charge in [0.15, 0.2) is 0 Å². The van der Waals surface area contributed by atoms with Crippen molar-refractivity contribution in [2.75, 3.05) is 18.0 Å². The molecule has 2 rings (SSSR count). The zero-order valence-electron chi connectivity index (χ0n) is 8.74. The van der Waals surface area contributed by atoms with Crippen LogP contribution in [0.4, 0.5) is 5.95 Å². The van der Waals surface area contributed by atoms with Crippen molar-refractivity contribution in [3.8, 4) is 0 Å². The van der Waals surface area contributed by atoms with E-state index in [2.05, 4.69) is 9.97 Å². The second-order valence-electron chi connectivity index (χ2n) is 3.67. The zero-order valence-corrected chi connectivity index (χ0v) is 9.56. The molecule has 1 atom stereocenters. The molecule has 0 bridgehead atoms. The van der Waals surface area contributed by atoms with Crippen LogP contribution in [0.15, 0.2) is 18.5 Å². The molecule has 0 saturated carbocycles. The van der Waals surface area contributed by atoms with Crippen LogP contribution < -0.4 is 4.90 Å². The summed E-state index contributed by atoms with van der Waals surface area (Å²) in [4.78, 5) is 21.0. The number of halogens is 1. The highest BCUT2D eigenvalue weighted by atomic mass is 35.5. The topological polar surface area (TPSA) is 66.3 Å². The Hall–Kier alpha value is -1.36. The number of aromatic nitrogens is 2. The standard InChI is InChI=1S/C10H13N3O2.ClH/c14-9(15)8-3-1-6-13(7-8)10-11-4-2-5-12-10;/h2,4-5,8H,1,3,6-7H2,(H,14,15);1H. The molecule has 16 heavy (non-hydrogen) atoms. The quantitative estimate of drug-likeness (QED) is 0.846. The van der Waals surface area contributed by atoms with Gasteiger partial charge in [-0.3, -0.25) is 4.79 Å². The van der Waals surface area contributed by atoms with E-state index in [1.165, 1.54) is 0 Å². The van der Waals surface area contributed by atoms with E-state index < -0.39 is 5.97 Å². The van der Waals surface area contributed by atoms with Crippen LogP contribution in [0.3, 0.4) is 0 Å². The van der Waals surface area contributed by atoms with Crippen molar-refractivity contribution in [2.24, 2.45) is 5.92 Å². The number of hydrogen-bond acceptors (Lipinski definition) is 4. The number of anilines is 1. The molecule has 0 aliphatic carbocycles. The first-order valence-electron chi connectivity index (χ1n) is 5.02. The molecule has 0 spiro atoms. The Kier molecular flexibility index (Phi) is 4.49. The van der Waals surface area contributed by atoms with Gasteiger partial charge in [0.1, 0.15) is 0 Å². The zero-order chi connectivity index (χ0) is 10.7. The molecule has 0 amide bonds. The largest absolute Gasteiger partial charge is 0.481 e. The molecule has 1 fully saturated rings. The minimum absolute atomic E-state index is 0. The Morgan fingerprint density at radius 2 is 2.12 bits per heavy atom. The lowest BCUT2D eigenvalue weighted by atomic mass is 9.99. The summed E-state index contributed by atoms with van der Waals surface area (Å²) in [5.41, 5.74) is 0. The van der Waals surface area contributed by atoms with Gasteiger partial charge in [0.05, 0.1) is 5.92 Å². The highest BCUT2D eigenvalue weighted by molar-refractivity contribution is 5.85. The number of aliphatic carboxylic acids is 1. The third-order valence-electron chi connectivity index (χ3n) is 2.61. The molecule has 2 heterocycles. The van der Waals surface area contributed by atoms with E-state index in [0.717, 1.165) is 19.4 Å². The molecular weight excluding hydrogens is 230 g/mol. The molecule has 88 valence electrons. The fraction of sp³-hybridized carbons (Fsp3) is 0.500. The van der Waals surface area contributed by atoms with Crippen molar-refractivity contribution in [2.45, 2.75) is 12.8 Å². The van der Waals surface area contributed by atoms with Crippen LogP contribution >= 0.6 is 12.4 Å². The van der Waals surface area contributed by atoms with Gasteiger partial charge >= 0.3 is 5.97 Å². The second-order valence-corrected chi connectivity index (χ2v) is 3.67. The molecule has 1 aromatic rings. The minimum Gasteiger partial charge on any atom is -0.481 e. The SMILES string of the molecule is Cl.O=C(O)C1CCCN(c2ncccn2)C1. The summed E-state index contributed by atoms with van der Waals surface area (Å²) < 4.78 is 0. The van der Waals surface area contributed by atoms with Crippen LogP contribution in [0.5, 0.6) is 0 Å². The Morgan fingerprint density at radius 3 is 2.75 bits per heavy atom. The van der Waals surface area contributed by atoms with Crippen LogP contribution in [-0.4, -0.2) is 34.1 Å². The van der Waals surface area contributed by atoms with Crippen molar-refractivity contribution in [3.63, 3.8) is 0 Å². The van der Waals surface area contributed by atoms with Gasteiger partial charge in [-0.05, 0) is 18.9 Å². The Labute approximate surface area is 99.9 Å². The minimum atomic E-state index is -0.726. The third kappa shape index (κ3) is 2.82. The third-order valence-corrected chi connectivity index (χ3v) is 2.61. The molecule has 0 aromatic carbocycles. The lowest BCUT2D eigenvalue weighted by Crippen LogP contribution is -2.39. The predicted octanol–water partition coefficient (Wildman–Crippen LogP) is 1.20. The fourth-order valence-electron chi connectivity index (χ4n) is 1.81. The number of nitrogens with zero attached hydrogens (tertiary/aromatic N) is 3. The molecule has 1 unspecified atom stereocenters. The number of rotatable bonds is 2. The average Bonchev–Trinajstić information content (AvgIpc) is 2.30. The van der Waals surface area contributed by atoms with Crippen molar-refractivity contribution >= 4 is 24.3 Å². The van der Waals surface area contributed by atoms with Gasteiger partial charge in [-0.25, -0.2) is 9.97 Å². The Morgan fingerprint density at radius 1 is 1.44 bits per heavy atom. The van der Waals surface area contributed by atoms with E-state index >= 15 is 0 Å². The smallest absolute Gasteiger partial charge is 0.308 e.